The zero-order chi connectivity index (χ0) is 19.9. The van der Waals surface area contributed by atoms with Gasteiger partial charge in [-0.05, 0) is 49.4 Å². The highest BCUT2D eigenvalue weighted by molar-refractivity contribution is 7.99. The van der Waals surface area contributed by atoms with E-state index >= 15 is 0 Å². The minimum Gasteiger partial charge on any atom is -0.496 e. The molecule has 0 aliphatic heterocycles. The third kappa shape index (κ3) is 5.21. The van der Waals surface area contributed by atoms with Crippen LogP contribution in [0.5, 0.6) is 5.75 Å². The Morgan fingerprint density at radius 2 is 1.96 bits per heavy atom. The largest absolute Gasteiger partial charge is 0.496 e. The van der Waals surface area contributed by atoms with Crippen molar-refractivity contribution in [3.63, 3.8) is 0 Å². The normalized spacial score (nSPS) is 10.5. The molecule has 1 N–H and O–H groups in total. The fourth-order valence-electron chi connectivity index (χ4n) is 2.62. The summed E-state index contributed by atoms with van der Waals surface area (Å²) in [4.78, 5) is 28.1. The molecule has 0 radical (unpaired) electrons. The molecular formula is C21H20N2O3S2. The van der Waals surface area contributed by atoms with Crippen LogP contribution in [-0.2, 0) is 10.5 Å². The maximum Gasteiger partial charge on any atom is 0.234 e. The summed E-state index contributed by atoms with van der Waals surface area (Å²) in [5, 5.41) is 5.78. The summed E-state index contributed by atoms with van der Waals surface area (Å²) < 4.78 is 5.35. The van der Waals surface area contributed by atoms with Crippen molar-refractivity contribution in [1.29, 1.82) is 0 Å². The summed E-state index contributed by atoms with van der Waals surface area (Å²) in [5.41, 5.74) is 3.32. The Morgan fingerprint density at radius 3 is 2.61 bits per heavy atom. The Labute approximate surface area is 172 Å². The van der Waals surface area contributed by atoms with Gasteiger partial charge in [-0.25, -0.2) is 4.98 Å². The number of nitrogens with zero attached hydrogens (tertiary/aromatic N) is 1. The second-order valence-corrected chi connectivity index (χ2v) is 7.92. The summed E-state index contributed by atoms with van der Waals surface area (Å²) in [6.07, 6.45) is 1.77. The van der Waals surface area contributed by atoms with E-state index in [1.165, 1.54) is 18.7 Å². The lowest BCUT2D eigenvalue weighted by Crippen LogP contribution is -2.14. The molecule has 0 aliphatic carbocycles. The molecule has 3 aromatic rings. The summed E-state index contributed by atoms with van der Waals surface area (Å²) in [6, 6.07) is 13.0. The minimum absolute atomic E-state index is 0.00726. The van der Waals surface area contributed by atoms with Crippen LogP contribution in [0.4, 0.5) is 5.69 Å². The molecule has 7 heteroatoms. The van der Waals surface area contributed by atoms with Crippen molar-refractivity contribution in [2.24, 2.45) is 0 Å². The molecule has 2 aromatic carbocycles. The smallest absolute Gasteiger partial charge is 0.234 e. The molecule has 0 saturated heterocycles. The van der Waals surface area contributed by atoms with E-state index in [4.69, 9.17) is 4.74 Å². The van der Waals surface area contributed by atoms with E-state index in [0.29, 0.717) is 17.1 Å². The van der Waals surface area contributed by atoms with Crippen LogP contribution in [0, 0.1) is 0 Å². The first-order valence-corrected chi connectivity index (χ1v) is 10.7. The molecule has 0 aliphatic rings. The van der Waals surface area contributed by atoms with Gasteiger partial charge in [-0.2, -0.15) is 0 Å². The van der Waals surface area contributed by atoms with Gasteiger partial charge in [-0.1, -0.05) is 0 Å². The van der Waals surface area contributed by atoms with Gasteiger partial charge in [-0.15, -0.1) is 23.1 Å². The second-order valence-electron chi connectivity index (χ2n) is 6.04. The quantitative estimate of drug-likeness (QED) is 0.533. The lowest BCUT2D eigenvalue weighted by molar-refractivity contribution is -0.113. The molecule has 28 heavy (non-hydrogen) atoms. The number of anilines is 1. The number of methoxy groups -OCH3 is 1. The van der Waals surface area contributed by atoms with Crippen molar-refractivity contribution in [2.75, 3.05) is 18.2 Å². The SMILES string of the molecule is COc1ccc(C(C)=O)cc1CSCC(=O)Nc1ccc(-c2nccs2)cc1. The van der Waals surface area contributed by atoms with E-state index in [1.807, 2.05) is 35.7 Å². The van der Waals surface area contributed by atoms with Gasteiger partial charge in [0.2, 0.25) is 5.91 Å². The first-order chi connectivity index (χ1) is 13.6. The number of hydrogen-bond donors (Lipinski definition) is 1. The van der Waals surface area contributed by atoms with Crippen molar-refractivity contribution in [3.05, 3.63) is 65.2 Å². The summed E-state index contributed by atoms with van der Waals surface area (Å²) in [6.45, 7) is 1.53. The number of ether oxygens (including phenoxy) is 1. The van der Waals surface area contributed by atoms with E-state index in [-0.39, 0.29) is 11.7 Å². The van der Waals surface area contributed by atoms with Gasteiger partial charge in [0, 0.05) is 39.7 Å². The number of hydrogen-bond acceptors (Lipinski definition) is 6. The van der Waals surface area contributed by atoms with E-state index in [1.54, 1.807) is 36.8 Å². The van der Waals surface area contributed by atoms with Gasteiger partial charge in [0.25, 0.3) is 0 Å². The molecule has 0 atom stereocenters. The van der Waals surface area contributed by atoms with Crippen LogP contribution in [0.2, 0.25) is 0 Å². The second kappa shape index (κ2) is 9.52. The van der Waals surface area contributed by atoms with Crippen LogP contribution in [0.1, 0.15) is 22.8 Å². The van der Waals surface area contributed by atoms with Gasteiger partial charge >= 0.3 is 0 Å². The van der Waals surface area contributed by atoms with Crippen LogP contribution < -0.4 is 10.1 Å². The van der Waals surface area contributed by atoms with Crippen molar-refractivity contribution in [2.45, 2.75) is 12.7 Å². The van der Waals surface area contributed by atoms with Crippen LogP contribution in [0.15, 0.2) is 54.0 Å². The van der Waals surface area contributed by atoms with Gasteiger partial charge in [-0.3, -0.25) is 9.59 Å². The van der Waals surface area contributed by atoms with E-state index in [2.05, 4.69) is 10.3 Å². The Kier molecular flexibility index (Phi) is 6.84. The first kappa shape index (κ1) is 20.1. The molecule has 1 heterocycles. The Morgan fingerprint density at radius 1 is 1.18 bits per heavy atom. The topological polar surface area (TPSA) is 68.3 Å². The molecular weight excluding hydrogens is 392 g/mol. The number of nitrogens with one attached hydrogen (secondary N) is 1. The lowest BCUT2D eigenvalue weighted by Gasteiger charge is -2.10. The molecule has 144 valence electrons. The van der Waals surface area contributed by atoms with Crippen molar-refractivity contribution in [1.82, 2.24) is 4.98 Å². The Hall–Kier alpha value is -2.64. The van der Waals surface area contributed by atoms with E-state index < -0.39 is 0 Å². The van der Waals surface area contributed by atoms with Gasteiger partial charge in [0.1, 0.15) is 10.8 Å². The third-order valence-corrected chi connectivity index (χ3v) is 5.83. The number of Topliss-reactive ketones (excluding diaryl/α,β-unsaturated/α-hetero) is 1. The average molecular weight is 413 g/mol. The number of amides is 1. The van der Waals surface area contributed by atoms with Gasteiger partial charge in [0.05, 0.1) is 12.9 Å². The zero-order valence-corrected chi connectivity index (χ0v) is 17.2. The molecule has 1 amide bonds. The molecule has 0 saturated carbocycles. The van der Waals surface area contributed by atoms with E-state index in [9.17, 15) is 9.59 Å². The maximum absolute atomic E-state index is 12.2. The monoisotopic (exact) mass is 412 g/mol. The number of carbonyl (C=O) groups excluding carboxylic acids is 2. The number of carbonyl (C=O) groups is 2. The minimum atomic E-state index is -0.0753. The fourth-order valence-corrected chi connectivity index (χ4v) is 4.07. The number of ketones is 1. The van der Waals surface area contributed by atoms with Gasteiger partial charge in [0.15, 0.2) is 5.78 Å². The fraction of sp³-hybridized carbons (Fsp3) is 0.190. The van der Waals surface area contributed by atoms with Crippen LogP contribution in [0.3, 0.4) is 0 Å². The number of benzene rings is 2. The van der Waals surface area contributed by atoms with Crippen molar-refractivity contribution in [3.8, 4) is 16.3 Å². The van der Waals surface area contributed by atoms with Crippen LogP contribution in [-0.4, -0.2) is 29.5 Å². The molecule has 0 unspecified atom stereocenters. The number of aromatic nitrogens is 1. The summed E-state index contributed by atoms with van der Waals surface area (Å²) in [7, 11) is 1.60. The Balaban J connectivity index is 1.53. The summed E-state index contributed by atoms with van der Waals surface area (Å²) >= 11 is 3.05. The highest BCUT2D eigenvalue weighted by Crippen LogP contribution is 2.26. The first-order valence-electron chi connectivity index (χ1n) is 8.62. The maximum atomic E-state index is 12.2. The summed E-state index contributed by atoms with van der Waals surface area (Å²) in [5.74, 6) is 1.54. The predicted molar refractivity (Wildman–Crippen MR) is 115 cm³/mol. The van der Waals surface area contributed by atoms with Crippen LogP contribution in [0.25, 0.3) is 10.6 Å². The number of thioether (sulfide) groups is 1. The van der Waals surface area contributed by atoms with Crippen molar-refractivity contribution >= 4 is 40.5 Å². The molecule has 1 aromatic heterocycles. The van der Waals surface area contributed by atoms with Gasteiger partial charge < -0.3 is 10.1 Å². The highest BCUT2D eigenvalue weighted by Gasteiger charge is 2.09. The molecule has 0 fully saturated rings. The average Bonchev–Trinajstić information content (AvgIpc) is 3.23. The lowest BCUT2D eigenvalue weighted by atomic mass is 10.1. The molecule has 0 spiro atoms. The Bertz CT molecular complexity index is 954. The number of thiazole rings is 1. The molecule has 5 nitrogen and oxygen atoms in total. The molecule has 3 rings (SSSR count). The highest BCUT2D eigenvalue weighted by atomic mass is 32.2. The molecule has 0 bridgehead atoms. The van der Waals surface area contributed by atoms with Crippen molar-refractivity contribution < 1.29 is 14.3 Å². The third-order valence-electron chi connectivity index (χ3n) is 4.03. The predicted octanol–water partition coefficient (Wildman–Crippen LogP) is 4.89. The zero-order valence-electron chi connectivity index (χ0n) is 15.6. The standard InChI is InChI=1S/C21H20N2O3S2/c1-14(24)16-5-8-19(26-2)17(11-16)12-27-13-20(25)23-18-6-3-15(4-7-18)21-22-9-10-28-21/h3-11H,12-13H2,1-2H3,(H,23,25). The number of rotatable bonds is 8. The van der Waals surface area contributed by atoms with E-state index in [0.717, 1.165) is 27.6 Å². The van der Waals surface area contributed by atoms with Crippen LogP contribution >= 0.6 is 23.1 Å².